The van der Waals surface area contributed by atoms with Crippen LogP contribution in [0.25, 0.3) is 11.0 Å². The summed E-state index contributed by atoms with van der Waals surface area (Å²) in [5.41, 5.74) is 13.1. The second-order valence-electron chi connectivity index (χ2n) is 9.75. The molecule has 4 aromatic rings. The molecule has 2 aliphatic rings. The number of benzene rings is 2. The Morgan fingerprint density at radius 3 is 2.77 bits per heavy atom. The van der Waals surface area contributed by atoms with Crippen LogP contribution in [0.5, 0.6) is 0 Å². The van der Waals surface area contributed by atoms with Gasteiger partial charge in [-0.1, -0.05) is 12.1 Å². The van der Waals surface area contributed by atoms with E-state index in [2.05, 4.69) is 47.4 Å². The van der Waals surface area contributed by atoms with Crippen LogP contribution in [0.15, 0.2) is 47.4 Å². The number of amides is 2. The Labute approximate surface area is 235 Å². The Balaban J connectivity index is 0.000000723. The van der Waals surface area contributed by atoms with E-state index in [1.807, 2.05) is 24.3 Å². The number of carbonyl (C=O) groups excluding carboxylic acids is 2. The molecule has 1 aliphatic heterocycles. The lowest BCUT2D eigenvalue weighted by Gasteiger charge is -2.37. The predicted molar refractivity (Wildman–Crippen MR) is 153 cm³/mol. The quantitative estimate of drug-likeness (QED) is 0.220. The molecule has 0 spiro atoms. The van der Waals surface area contributed by atoms with Gasteiger partial charge >= 0.3 is 0 Å². The van der Waals surface area contributed by atoms with E-state index in [-0.39, 0.29) is 0 Å². The molecule has 204 valence electrons. The molecule has 1 saturated carbocycles. The van der Waals surface area contributed by atoms with Crippen molar-refractivity contribution >= 4 is 47.0 Å². The van der Waals surface area contributed by atoms with Crippen LogP contribution in [0.3, 0.4) is 0 Å². The van der Waals surface area contributed by atoms with Gasteiger partial charge in [-0.05, 0) is 79.6 Å². The summed E-state index contributed by atoms with van der Waals surface area (Å²) in [5, 5.41) is 11.0. The third-order valence-corrected chi connectivity index (χ3v) is 8.73. The van der Waals surface area contributed by atoms with E-state index < -0.39 is 5.91 Å². The third-order valence-electron chi connectivity index (χ3n) is 7.14. The summed E-state index contributed by atoms with van der Waals surface area (Å²) in [6.07, 6.45) is 3.81. The molecular formula is C27H32N8O2S2. The van der Waals surface area contributed by atoms with Crippen molar-refractivity contribution in [3.05, 3.63) is 70.5 Å². The highest BCUT2D eigenvalue weighted by atomic mass is 32.2. The monoisotopic (exact) mass is 564 g/mol. The van der Waals surface area contributed by atoms with Gasteiger partial charge in [0, 0.05) is 42.3 Å². The van der Waals surface area contributed by atoms with E-state index in [0.717, 1.165) is 54.8 Å². The number of carbonyl (C=O) groups is 2. The number of aromatic nitrogens is 4. The highest BCUT2D eigenvalue weighted by molar-refractivity contribution is 7.97. The fourth-order valence-electron chi connectivity index (χ4n) is 4.99. The van der Waals surface area contributed by atoms with Gasteiger partial charge < -0.3 is 16.4 Å². The largest absolute Gasteiger partial charge is 0.366 e. The fourth-order valence-corrected chi connectivity index (χ4v) is 6.49. The van der Waals surface area contributed by atoms with Gasteiger partial charge in [0.2, 0.25) is 12.3 Å². The van der Waals surface area contributed by atoms with Gasteiger partial charge in [-0.15, -0.1) is 0 Å². The second-order valence-corrected chi connectivity index (χ2v) is 11.4. The Kier molecular flexibility index (Phi) is 8.56. The predicted octanol–water partition coefficient (Wildman–Crippen LogP) is 3.22. The summed E-state index contributed by atoms with van der Waals surface area (Å²) < 4.78 is 13.2. The number of nitrogens with one attached hydrogen (secondary N) is 2. The van der Waals surface area contributed by atoms with Gasteiger partial charge in [-0.3, -0.25) is 14.3 Å². The first kappa shape index (κ1) is 27.3. The first-order valence-corrected chi connectivity index (χ1v) is 14.4. The molecule has 2 aromatic heterocycles. The number of nitrogens with zero attached hydrogens (tertiary/aromatic N) is 5. The number of primary amides is 1. The van der Waals surface area contributed by atoms with E-state index in [9.17, 15) is 4.79 Å². The van der Waals surface area contributed by atoms with Crippen molar-refractivity contribution in [2.45, 2.75) is 56.3 Å². The molecule has 3 heterocycles. The van der Waals surface area contributed by atoms with Crippen molar-refractivity contribution in [3.63, 3.8) is 0 Å². The number of fused-ring (bicyclic) bond motifs is 2. The Morgan fingerprint density at radius 2 is 2.00 bits per heavy atom. The van der Waals surface area contributed by atoms with Gasteiger partial charge in [0.1, 0.15) is 11.0 Å². The molecule has 0 unspecified atom stereocenters. The molecule has 12 heteroatoms. The highest BCUT2D eigenvalue weighted by Gasteiger charge is 2.34. The van der Waals surface area contributed by atoms with E-state index >= 15 is 0 Å². The summed E-state index contributed by atoms with van der Waals surface area (Å²) in [4.78, 5) is 21.6. The molecule has 0 atom stereocenters. The van der Waals surface area contributed by atoms with Crippen LogP contribution in [-0.2, 0) is 24.3 Å². The van der Waals surface area contributed by atoms with Crippen molar-refractivity contribution in [3.8, 4) is 0 Å². The Bertz CT molecular complexity index is 1460. The van der Waals surface area contributed by atoms with Gasteiger partial charge in [0.15, 0.2) is 0 Å². The molecule has 4 N–H and O–H groups in total. The van der Waals surface area contributed by atoms with Crippen LogP contribution < -0.4 is 16.4 Å². The first-order valence-electron chi connectivity index (χ1n) is 12.9. The van der Waals surface area contributed by atoms with Crippen LogP contribution in [0.2, 0.25) is 0 Å². The molecule has 1 aliphatic carbocycles. The fraction of sp³-hybridized carbons (Fsp3) is 0.370. The topological polar surface area (TPSA) is 131 Å². The van der Waals surface area contributed by atoms with Crippen molar-refractivity contribution < 1.29 is 9.59 Å². The maximum Gasteiger partial charge on any atom is 0.248 e. The maximum atomic E-state index is 11.5. The summed E-state index contributed by atoms with van der Waals surface area (Å²) in [7, 11) is 1.56. The smallest absolute Gasteiger partial charge is 0.248 e. The summed E-state index contributed by atoms with van der Waals surface area (Å²) in [6, 6.07) is 14.8. The molecule has 39 heavy (non-hydrogen) atoms. The van der Waals surface area contributed by atoms with Crippen molar-refractivity contribution in [1.29, 1.82) is 0 Å². The third kappa shape index (κ3) is 6.30. The SMILES string of the molecule is CNC=O.Cc1c2c(nn1C1CC(NCc3ccc4nsnc4c3)C1)CN(Sc1cccc(C(N)=O)c1)CC2. The van der Waals surface area contributed by atoms with Crippen LogP contribution >= 0.6 is 23.7 Å². The lowest BCUT2D eigenvalue weighted by Crippen LogP contribution is -2.42. The number of rotatable bonds is 8. The molecule has 10 nitrogen and oxygen atoms in total. The zero-order chi connectivity index (χ0) is 27.4. The zero-order valence-corrected chi connectivity index (χ0v) is 23.6. The number of hydrogen-bond acceptors (Lipinski definition) is 9. The Morgan fingerprint density at radius 1 is 1.21 bits per heavy atom. The lowest BCUT2D eigenvalue weighted by atomic mass is 9.86. The molecule has 2 aromatic carbocycles. The summed E-state index contributed by atoms with van der Waals surface area (Å²) in [6.45, 7) is 4.82. The first-order chi connectivity index (χ1) is 18.9. The molecule has 0 bridgehead atoms. The normalized spacial score (nSPS) is 18.5. The molecule has 2 amide bonds. The molecule has 6 rings (SSSR count). The summed E-state index contributed by atoms with van der Waals surface area (Å²) >= 11 is 2.93. The van der Waals surface area contributed by atoms with E-state index in [0.29, 0.717) is 24.1 Å². The number of hydrogen-bond donors (Lipinski definition) is 3. The average molecular weight is 565 g/mol. The second kappa shape index (κ2) is 12.2. The maximum absolute atomic E-state index is 11.5. The molecule has 1 fully saturated rings. The molecular weight excluding hydrogens is 532 g/mol. The number of nitrogens with two attached hydrogens (primary N) is 1. The van der Waals surface area contributed by atoms with Crippen LogP contribution in [-0.4, -0.2) is 54.8 Å². The van der Waals surface area contributed by atoms with E-state index in [1.165, 1.54) is 34.2 Å². The standard InChI is InChI=1S/C25H27N7OS2.C2H5NO/c1-15-21-7-8-31(34-20-4-2-3-17(10-20)25(26)33)14-24(21)28-32(15)19-11-18(12-19)27-13-16-5-6-22-23(9-16)30-35-29-22;1-3-2-4/h2-6,9-10,18-19,27H,7-8,11-14H2,1H3,(H2,26,33);2H,1H3,(H,3,4). The minimum atomic E-state index is -0.395. The van der Waals surface area contributed by atoms with E-state index in [4.69, 9.17) is 15.6 Å². The Hall–Kier alpha value is -3.32. The average Bonchev–Trinajstić information content (AvgIpc) is 3.52. The van der Waals surface area contributed by atoms with Crippen LogP contribution in [0.4, 0.5) is 0 Å². The van der Waals surface area contributed by atoms with Gasteiger partial charge in [0.05, 0.1) is 30.0 Å². The summed E-state index contributed by atoms with van der Waals surface area (Å²) in [5.74, 6) is -0.395. The highest BCUT2D eigenvalue weighted by Crippen LogP contribution is 2.37. The van der Waals surface area contributed by atoms with Crippen molar-refractivity contribution in [2.75, 3.05) is 13.6 Å². The lowest BCUT2D eigenvalue weighted by molar-refractivity contribution is -0.109. The van der Waals surface area contributed by atoms with E-state index in [1.54, 1.807) is 25.1 Å². The van der Waals surface area contributed by atoms with Crippen LogP contribution in [0, 0.1) is 6.92 Å². The zero-order valence-electron chi connectivity index (χ0n) is 22.0. The van der Waals surface area contributed by atoms with Gasteiger partial charge in [-0.25, -0.2) is 4.31 Å². The molecule has 0 saturated heterocycles. The van der Waals surface area contributed by atoms with Gasteiger partial charge in [-0.2, -0.15) is 13.8 Å². The van der Waals surface area contributed by atoms with Crippen molar-refractivity contribution in [1.82, 2.24) is 33.5 Å². The van der Waals surface area contributed by atoms with Gasteiger partial charge in [0.25, 0.3) is 0 Å². The van der Waals surface area contributed by atoms with Crippen molar-refractivity contribution in [2.24, 2.45) is 5.73 Å². The minimum Gasteiger partial charge on any atom is -0.366 e. The molecule has 0 radical (unpaired) electrons. The minimum absolute atomic E-state index is 0.395. The van der Waals surface area contributed by atoms with Crippen LogP contribution in [0.1, 0.15) is 51.8 Å².